The highest BCUT2D eigenvalue weighted by atomic mass is 32.2. The van der Waals surface area contributed by atoms with Gasteiger partial charge in [0.2, 0.25) is 0 Å². The molecule has 0 aliphatic carbocycles. The van der Waals surface area contributed by atoms with E-state index in [-0.39, 0.29) is 17.1 Å². The molecule has 0 aliphatic heterocycles. The SMILES string of the molecule is CCn1c(SCC(=O)OCC(=O)Nc2ccc(C)c([N+](=O)[O-])c2)nnc1-c1cccs1. The highest BCUT2D eigenvalue weighted by Crippen LogP contribution is 2.27. The van der Waals surface area contributed by atoms with Crippen molar-refractivity contribution >= 4 is 46.3 Å². The lowest BCUT2D eigenvalue weighted by molar-refractivity contribution is -0.385. The summed E-state index contributed by atoms with van der Waals surface area (Å²) >= 11 is 2.73. The van der Waals surface area contributed by atoms with Gasteiger partial charge in [-0.2, -0.15) is 0 Å². The molecule has 0 radical (unpaired) electrons. The highest BCUT2D eigenvalue weighted by molar-refractivity contribution is 7.99. The summed E-state index contributed by atoms with van der Waals surface area (Å²) in [5.41, 5.74) is 0.631. The standard InChI is InChI=1S/C19H19N5O5S2/c1-3-23-18(15-5-4-8-30-15)21-22-19(23)31-11-17(26)29-10-16(25)20-13-7-6-12(2)14(9-13)24(27)28/h4-9H,3,10-11H2,1-2H3,(H,20,25). The second-order valence-corrected chi connectivity index (χ2v) is 8.17. The molecule has 0 aliphatic rings. The Labute approximate surface area is 185 Å². The van der Waals surface area contributed by atoms with Crippen LogP contribution < -0.4 is 5.32 Å². The molecule has 1 N–H and O–H groups in total. The second kappa shape index (κ2) is 10.2. The third kappa shape index (κ3) is 5.67. The van der Waals surface area contributed by atoms with Crippen molar-refractivity contribution in [1.29, 1.82) is 0 Å². The second-order valence-electron chi connectivity index (χ2n) is 6.28. The number of nitro groups is 1. The Hall–Kier alpha value is -3.25. The molecule has 162 valence electrons. The summed E-state index contributed by atoms with van der Waals surface area (Å²) in [5.74, 6) is -0.474. The van der Waals surface area contributed by atoms with Crippen LogP contribution in [0.5, 0.6) is 0 Å². The molecule has 2 aromatic heterocycles. The zero-order valence-corrected chi connectivity index (χ0v) is 18.4. The van der Waals surface area contributed by atoms with Crippen molar-refractivity contribution in [2.24, 2.45) is 0 Å². The Morgan fingerprint density at radius 3 is 2.81 bits per heavy atom. The Morgan fingerprint density at radius 1 is 1.32 bits per heavy atom. The first-order valence-corrected chi connectivity index (χ1v) is 11.1. The van der Waals surface area contributed by atoms with Gasteiger partial charge in [0, 0.05) is 23.9 Å². The number of carbonyl (C=O) groups excluding carboxylic acids is 2. The van der Waals surface area contributed by atoms with Crippen molar-refractivity contribution < 1.29 is 19.2 Å². The van der Waals surface area contributed by atoms with Crippen LogP contribution in [0.15, 0.2) is 40.9 Å². The average Bonchev–Trinajstić information content (AvgIpc) is 3.41. The first-order valence-electron chi connectivity index (χ1n) is 9.19. The number of benzene rings is 1. The number of anilines is 1. The van der Waals surface area contributed by atoms with Gasteiger partial charge >= 0.3 is 5.97 Å². The zero-order valence-electron chi connectivity index (χ0n) is 16.7. The third-order valence-corrected chi connectivity index (χ3v) is 5.95. The Kier molecular flexibility index (Phi) is 7.36. The van der Waals surface area contributed by atoms with Gasteiger partial charge in [0.1, 0.15) is 0 Å². The molecule has 0 fully saturated rings. The average molecular weight is 462 g/mol. The van der Waals surface area contributed by atoms with E-state index in [1.165, 1.54) is 23.9 Å². The Bertz CT molecular complexity index is 1100. The van der Waals surface area contributed by atoms with E-state index in [4.69, 9.17) is 4.74 Å². The van der Waals surface area contributed by atoms with Gasteiger partial charge < -0.3 is 14.6 Å². The zero-order chi connectivity index (χ0) is 22.4. The number of amides is 1. The molecule has 3 rings (SSSR count). The molecular weight excluding hydrogens is 442 g/mol. The molecule has 0 spiro atoms. The largest absolute Gasteiger partial charge is 0.455 e. The van der Waals surface area contributed by atoms with Crippen LogP contribution in [0.25, 0.3) is 10.7 Å². The van der Waals surface area contributed by atoms with Crippen LogP contribution in [-0.2, 0) is 20.9 Å². The van der Waals surface area contributed by atoms with E-state index >= 15 is 0 Å². The first-order chi connectivity index (χ1) is 14.9. The number of rotatable bonds is 9. The molecular formula is C19H19N5O5S2. The number of nitrogens with zero attached hydrogens (tertiary/aromatic N) is 4. The van der Waals surface area contributed by atoms with Gasteiger partial charge in [0.15, 0.2) is 17.6 Å². The van der Waals surface area contributed by atoms with E-state index in [0.717, 1.165) is 10.7 Å². The number of thiophene rings is 1. The fourth-order valence-electron chi connectivity index (χ4n) is 2.66. The number of aromatic nitrogens is 3. The summed E-state index contributed by atoms with van der Waals surface area (Å²) in [5, 5.41) is 24.3. The van der Waals surface area contributed by atoms with Crippen molar-refractivity contribution in [3.63, 3.8) is 0 Å². The summed E-state index contributed by atoms with van der Waals surface area (Å²) in [4.78, 5) is 35.5. The van der Waals surface area contributed by atoms with Crippen molar-refractivity contribution in [2.75, 3.05) is 17.7 Å². The van der Waals surface area contributed by atoms with Gasteiger partial charge in [-0.05, 0) is 31.4 Å². The summed E-state index contributed by atoms with van der Waals surface area (Å²) in [7, 11) is 0. The number of ether oxygens (including phenoxy) is 1. The molecule has 0 bridgehead atoms. The summed E-state index contributed by atoms with van der Waals surface area (Å²) in [6.45, 7) is 3.71. The van der Waals surface area contributed by atoms with Crippen LogP contribution in [0, 0.1) is 17.0 Å². The van der Waals surface area contributed by atoms with Gasteiger partial charge in [-0.3, -0.25) is 19.7 Å². The number of esters is 1. The molecule has 2 heterocycles. The van der Waals surface area contributed by atoms with E-state index in [0.29, 0.717) is 17.3 Å². The maximum absolute atomic E-state index is 12.0. The Balaban J connectivity index is 1.50. The van der Waals surface area contributed by atoms with E-state index in [2.05, 4.69) is 15.5 Å². The maximum atomic E-state index is 12.0. The maximum Gasteiger partial charge on any atom is 0.316 e. The van der Waals surface area contributed by atoms with Crippen molar-refractivity contribution in [1.82, 2.24) is 14.8 Å². The smallest absolute Gasteiger partial charge is 0.316 e. The third-order valence-electron chi connectivity index (χ3n) is 4.15. The Morgan fingerprint density at radius 2 is 2.13 bits per heavy atom. The monoisotopic (exact) mass is 461 g/mol. The van der Waals surface area contributed by atoms with Crippen LogP contribution >= 0.6 is 23.1 Å². The van der Waals surface area contributed by atoms with Crippen LogP contribution in [-0.4, -0.2) is 43.9 Å². The van der Waals surface area contributed by atoms with Crippen molar-refractivity contribution in [3.05, 3.63) is 51.4 Å². The molecule has 31 heavy (non-hydrogen) atoms. The molecule has 0 saturated carbocycles. The van der Waals surface area contributed by atoms with Crippen LogP contribution in [0.3, 0.4) is 0 Å². The number of hydrogen-bond acceptors (Lipinski definition) is 9. The van der Waals surface area contributed by atoms with Crippen molar-refractivity contribution in [3.8, 4) is 10.7 Å². The molecule has 12 heteroatoms. The van der Waals surface area contributed by atoms with Crippen LogP contribution in [0.4, 0.5) is 11.4 Å². The van der Waals surface area contributed by atoms with Gasteiger partial charge in [0.25, 0.3) is 11.6 Å². The van der Waals surface area contributed by atoms with Gasteiger partial charge in [-0.15, -0.1) is 21.5 Å². The number of carbonyl (C=O) groups is 2. The molecule has 0 atom stereocenters. The minimum absolute atomic E-state index is 0.0359. The quantitative estimate of drug-likeness (QED) is 0.222. The molecule has 0 unspecified atom stereocenters. The lowest BCUT2D eigenvalue weighted by Crippen LogP contribution is -2.21. The predicted octanol–water partition coefficient (Wildman–Crippen LogP) is 3.52. The fraction of sp³-hybridized carbons (Fsp3) is 0.263. The topological polar surface area (TPSA) is 129 Å². The van der Waals surface area contributed by atoms with Gasteiger partial charge in [-0.25, -0.2) is 0 Å². The highest BCUT2D eigenvalue weighted by Gasteiger charge is 2.17. The number of thioether (sulfide) groups is 1. The lowest BCUT2D eigenvalue weighted by atomic mass is 10.2. The summed E-state index contributed by atoms with van der Waals surface area (Å²) < 4.78 is 6.89. The normalized spacial score (nSPS) is 10.6. The molecule has 0 saturated heterocycles. The van der Waals surface area contributed by atoms with Crippen LogP contribution in [0.2, 0.25) is 0 Å². The fourth-order valence-corrected chi connectivity index (χ4v) is 4.18. The molecule has 10 nitrogen and oxygen atoms in total. The number of nitrogens with one attached hydrogen (secondary N) is 1. The van der Waals surface area contributed by atoms with Gasteiger partial charge in [-0.1, -0.05) is 23.9 Å². The molecule has 1 aromatic carbocycles. The van der Waals surface area contributed by atoms with E-state index in [1.807, 2.05) is 29.0 Å². The van der Waals surface area contributed by atoms with E-state index < -0.39 is 23.4 Å². The number of nitro benzene ring substituents is 1. The molecule has 1 amide bonds. The summed E-state index contributed by atoms with van der Waals surface area (Å²) in [6, 6.07) is 8.21. The minimum Gasteiger partial charge on any atom is -0.455 e. The number of aryl methyl sites for hydroxylation is 1. The minimum atomic E-state index is -0.590. The van der Waals surface area contributed by atoms with E-state index in [9.17, 15) is 19.7 Å². The lowest BCUT2D eigenvalue weighted by Gasteiger charge is -2.08. The van der Waals surface area contributed by atoms with Gasteiger partial charge in [0.05, 0.1) is 15.6 Å². The number of hydrogen-bond donors (Lipinski definition) is 1. The van der Waals surface area contributed by atoms with Crippen molar-refractivity contribution in [2.45, 2.75) is 25.5 Å². The predicted molar refractivity (Wildman–Crippen MR) is 117 cm³/mol. The first kappa shape index (κ1) is 22.4. The molecule has 3 aromatic rings. The summed E-state index contributed by atoms with van der Waals surface area (Å²) in [6.07, 6.45) is 0. The van der Waals surface area contributed by atoms with E-state index in [1.54, 1.807) is 24.3 Å². The van der Waals surface area contributed by atoms with Crippen LogP contribution in [0.1, 0.15) is 12.5 Å².